The first kappa shape index (κ1) is 26.6. The summed E-state index contributed by atoms with van der Waals surface area (Å²) in [5.74, 6) is 0.0255. The molecule has 0 atom stereocenters. The number of piperazine rings is 1. The highest BCUT2D eigenvalue weighted by Gasteiger charge is 2.36. The normalized spacial score (nSPS) is 18.7. The fourth-order valence-electron chi connectivity index (χ4n) is 3.64. The van der Waals surface area contributed by atoms with E-state index in [0.29, 0.717) is 6.54 Å². The molecule has 0 spiro atoms. The first-order valence-corrected chi connectivity index (χ1v) is 9.25. The van der Waals surface area contributed by atoms with Gasteiger partial charge in [0.15, 0.2) is 0 Å². The molecule has 3 rings (SSSR count). The highest BCUT2D eigenvalue weighted by Crippen LogP contribution is 2.27. The van der Waals surface area contributed by atoms with Crippen molar-refractivity contribution in [1.29, 1.82) is 0 Å². The Bertz CT molecular complexity index is 576. The Balaban J connectivity index is 0.00000225. The van der Waals surface area contributed by atoms with Crippen LogP contribution in [-0.4, -0.2) is 55.6 Å². The second-order valence-corrected chi connectivity index (χ2v) is 7.36. The molecular weight excluding hydrogens is 430 g/mol. The van der Waals surface area contributed by atoms with E-state index < -0.39 is 5.54 Å². The molecule has 5 nitrogen and oxygen atoms in total. The molecule has 2 fully saturated rings. The molecular formula is C18H30Cl4N4O. The van der Waals surface area contributed by atoms with Gasteiger partial charge in [0.2, 0.25) is 5.91 Å². The summed E-state index contributed by atoms with van der Waals surface area (Å²) in [6.07, 6.45) is 3.76. The van der Waals surface area contributed by atoms with Crippen LogP contribution in [-0.2, 0) is 4.79 Å². The summed E-state index contributed by atoms with van der Waals surface area (Å²) in [5.41, 5.74) is 6.74. The lowest BCUT2D eigenvalue weighted by atomic mass is 9.98. The average molecular weight is 460 g/mol. The van der Waals surface area contributed by atoms with Crippen LogP contribution in [0.4, 0.5) is 5.69 Å². The zero-order chi connectivity index (χ0) is 17.0. The van der Waals surface area contributed by atoms with Crippen LogP contribution in [0.1, 0.15) is 25.7 Å². The number of halogens is 4. The maximum atomic E-state index is 12.2. The van der Waals surface area contributed by atoms with Crippen LogP contribution in [0.15, 0.2) is 24.3 Å². The lowest BCUT2D eigenvalue weighted by molar-refractivity contribution is -0.126. The molecule has 27 heavy (non-hydrogen) atoms. The number of rotatable bonds is 5. The van der Waals surface area contributed by atoms with Gasteiger partial charge in [-0.1, -0.05) is 30.5 Å². The summed E-state index contributed by atoms with van der Waals surface area (Å²) in [6, 6.07) is 8.01. The summed E-state index contributed by atoms with van der Waals surface area (Å²) >= 11 is 6.07. The molecule has 1 amide bonds. The molecule has 1 heterocycles. The standard InChI is InChI=1S/C18H27ClN4O.3ClH/c19-15-4-3-5-16(14-15)23-12-10-22(11-13-23)9-8-21-17(24)18(20)6-1-2-7-18;;;/h3-5,14H,1-2,6-13,20H2,(H,21,24);3*1H. The molecule has 1 aromatic rings. The van der Waals surface area contributed by atoms with Gasteiger partial charge in [-0.25, -0.2) is 0 Å². The molecule has 9 heteroatoms. The first-order chi connectivity index (χ1) is 11.6. The van der Waals surface area contributed by atoms with Crippen molar-refractivity contribution in [3.8, 4) is 0 Å². The molecule has 0 bridgehead atoms. The molecule has 0 unspecified atom stereocenters. The van der Waals surface area contributed by atoms with Gasteiger partial charge in [-0.2, -0.15) is 0 Å². The van der Waals surface area contributed by atoms with E-state index >= 15 is 0 Å². The number of hydrogen-bond acceptors (Lipinski definition) is 4. The number of carbonyl (C=O) groups excluding carboxylic acids is 1. The molecule has 1 aliphatic heterocycles. The molecule has 0 aromatic heterocycles. The number of hydrogen-bond donors (Lipinski definition) is 2. The van der Waals surface area contributed by atoms with Gasteiger partial charge in [0.1, 0.15) is 0 Å². The molecule has 1 saturated carbocycles. The van der Waals surface area contributed by atoms with E-state index in [1.807, 2.05) is 18.2 Å². The zero-order valence-electron chi connectivity index (χ0n) is 15.4. The minimum Gasteiger partial charge on any atom is -0.369 e. The number of anilines is 1. The Labute approximate surface area is 185 Å². The summed E-state index contributed by atoms with van der Waals surface area (Å²) in [6.45, 7) is 5.51. The predicted molar refractivity (Wildman–Crippen MR) is 120 cm³/mol. The quantitative estimate of drug-likeness (QED) is 0.709. The minimum absolute atomic E-state index is 0. The summed E-state index contributed by atoms with van der Waals surface area (Å²) in [5, 5.41) is 3.80. The van der Waals surface area contributed by atoms with Crippen molar-refractivity contribution in [3.05, 3.63) is 29.3 Å². The van der Waals surface area contributed by atoms with Crippen LogP contribution in [0.5, 0.6) is 0 Å². The van der Waals surface area contributed by atoms with Gasteiger partial charge in [0, 0.05) is 50.0 Å². The Morgan fingerprint density at radius 3 is 2.33 bits per heavy atom. The van der Waals surface area contributed by atoms with Crippen molar-refractivity contribution in [2.45, 2.75) is 31.2 Å². The maximum absolute atomic E-state index is 12.2. The van der Waals surface area contributed by atoms with Crippen LogP contribution >= 0.6 is 48.8 Å². The average Bonchev–Trinajstić information content (AvgIpc) is 3.03. The largest absolute Gasteiger partial charge is 0.369 e. The monoisotopic (exact) mass is 458 g/mol. The van der Waals surface area contributed by atoms with Crippen LogP contribution in [0.2, 0.25) is 5.02 Å². The molecule has 3 N–H and O–H groups in total. The van der Waals surface area contributed by atoms with Crippen LogP contribution < -0.4 is 16.0 Å². The third-order valence-electron chi connectivity index (χ3n) is 5.21. The molecule has 2 aliphatic rings. The molecule has 1 aliphatic carbocycles. The van der Waals surface area contributed by atoms with Gasteiger partial charge < -0.3 is 16.0 Å². The van der Waals surface area contributed by atoms with Gasteiger partial charge in [-0.3, -0.25) is 9.69 Å². The SMILES string of the molecule is Cl.Cl.Cl.NC1(C(=O)NCCN2CCN(c3cccc(Cl)c3)CC2)CCCC1. The third-order valence-corrected chi connectivity index (χ3v) is 5.44. The van der Waals surface area contributed by atoms with E-state index in [0.717, 1.165) is 63.4 Å². The predicted octanol–water partition coefficient (Wildman–Crippen LogP) is 3.12. The molecule has 0 radical (unpaired) electrons. The van der Waals surface area contributed by atoms with E-state index in [4.69, 9.17) is 17.3 Å². The minimum atomic E-state index is -0.620. The first-order valence-electron chi connectivity index (χ1n) is 8.87. The van der Waals surface area contributed by atoms with Gasteiger partial charge in [0.25, 0.3) is 0 Å². The van der Waals surface area contributed by atoms with Crippen molar-refractivity contribution in [1.82, 2.24) is 10.2 Å². The van der Waals surface area contributed by atoms with Crippen molar-refractivity contribution < 1.29 is 4.79 Å². The highest BCUT2D eigenvalue weighted by molar-refractivity contribution is 6.30. The fraction of sp³-hybridized carbons (Fsp3) is 0.611. The topological polar surface area (TPSA) is 61.6 Å². The number of nitrogens with one attached hydrogen (secondary N) is 1. The van der Waals surface area contributed by atoms with Crippen LogP contribution in [0, 0.1) is 0 Å². The second kappa shape index (κ2) is 12.2. The molecule has 156 valence electrons. The Kier molecular flexibility index (Phi) is 12.0. The Morgan fingerprint density at radius 1 is 1.11 bits per heavy atom. The lowest BCUT2D eigenvalue weighted by Gasteiger charge is -2.36. The van der Waals surface area contributed by atoms with Crippen molar-refractivity contribution >= 4 is 60.4 Å². The van der Waals surface area contributed by atoms with E-state index in [2.05, 4.69) is 21.2 Å². The van der Waals surface area contributed by atoms with Crippen LogP contribution in [0.25, 0.3) is 0 Å². The zero-order valence-corrected chi connectivity index (χ0v) is 18.6. The molecule has 1 aromatic carbocycles. The van der Waals surface area contributed by atoms with Gasteiger partial charge in [-0.15, -0.1) is 37.2 Å². The van der Waals surface area contributed by atoms with Gasteiger partial charge >= 0.3 is 0 Å². The smallest absolute Gasteiger partial charge is 0.240 e. The van der Waals surface area contributed by atoms with Crippen molar-refractivity contribution in [2.75, 3.05) is 44.2 Å². The van der Waals surface area contributed by atoms with E-state index in [1.165, 1.54) is 5.69 Å². The van der Waals surface area contributed by atoms with Gasteiger partial charge in [0.05, 0.1) is 5.54 Å². The maximum Gasteiger partial charge on any atom is 0.240 e. The molecule has 1 saturated heterocycles. The summed E-state index contributed by atoms with van der Waals surface area (Å²) in [4.78, 5) is 16.9. The van der Waals surface area contributed by atoms with E-state index in [1.54, 1.807) is 0 Å². The number of nitrogens with two attached hydrogens (primary N) is 1. The van der Waals surface area contributed by atoms with Crippen molar-refractivity contribution in [3.63, 3.8) is 0 Å². The second-order valence-electron chi connectivity index (χ2n) is 6.93. The third kappa shape index (κ3) is 7.15. The Hall–Kier alpha value is -0.430. The summed E-state index contributed by atoms with van der Waals surface area (Å²) in [7, 11) is 0. The van der Waals surface area contributed by atoms with Gasteiger partial charge in [-0.05, 0) is 31.0 Å². The fourth-order valence-corrected chi connectivity index (χ4v) is 3.82. The lowest BCUT2D eigenvalue weighted by Crippen LogP contribution is -2.54. The number of carbonyl (C=O) groups is 1. The number of nitrogens with zero attached hydrogens (tertiary/aromatic N) is 2. The van der Waals surface area contributed by atoms with Crippen LogP contribution in [0.3, 0.4) is 0 Å². The number of benzene rings is 1. The highest BCUT2D eigenvalue weighted by atomic mass is 35.5. The number of amides is 1. The van der Waals surface area contributed by atoms with E-state index in [-0.39, 0.29) is 43.1 Å². The Morgan fingerprint density at radius 2 is 1.74 bits per heavy atom. The summed E-state index contributed by atoms with van der Waals surface area (Å²) < 4.78 is 0. The van der Waals surface area contributed by atoms with Crippen molar-refractivity contribution in [2.24, 2.45) is 5.73 Å². The van der Waals surface area contributed by atoms with E-state index in [9.17, 15) is 4.79 Å².